The quantitative estimate of drug-likeness (QED) is 0.608. The second-order valence-electron chi connectivity index (χ2n) is 6.55. The third-order valence-electron chi connectivity index (χ3n) is 4.59. The summed E-state index contributed by atoms with van der Waals surface area (Å²) in [6, 6.07) is 20.6. The average molecular weight is 360 g/mol. The molecule has 3 nitrogen and oxygen atoms in total. The highest BCUT2D eigenvalue weighted by Gasteiger charge is 2.22. The van der Waals surface area contributed by atoms with Gasteiger partial charge in [0.1, 0.15) is 12.1 Å². The topological polar surface area (TPSA) is 34.9 Å². The molecular formula is C22H20N2OS. The number of allylic oxidation sites excluding steroid dienone is 2. The van der Waals surface area contributed by atoms with E-state index in [1.165, 1.54) is 4.91 Å². The highest BCUT2D eigenvalue weighted by atomic mass is 32.2. The van der Waals surface area contributed by atoms with Crippen molar-refractivity contribution in [3.05, 3.63) is 78.0 Å². The molecule has 1 unspecified atom stereocenters. The van der Waals surface area contributed by atoms with Crippen molar-refractivity contribution in [3.8, 4) is 22.5 Å². The van der Waals surface area contributed by atoms with Gasteiger partial charge in [-0.1, -0.05) is 73.7 Å². The van der Waals surface area contributed by atoms with Crippen LogP contribution in [0.15, 0.2) is 78.0 Å². The van der Waals surface area contributed by atoms with Gasteiger partial charge in [-0.05, 0) is 17.9 Å². The van der Waals surface area contributed by atoms with Gasteiger partial charge < -0.3 is 0 Å². The number of carbonyl (C=O) groups excluding carboxylic acids is 1. The minimum atomic E-state index is 0.257. The summed E-state index contributed by atoms with van der Waals surface area (Å²) in [4.78, 5) is 17.6. The Morgan fingerprint density at radius 1 is 1.00 bits per heavy atom. The molecule has 0 spiro atoms. The van der Waals surface area contributed by atoms with Crippen LogP contribution in [0.1, 0.15) is 19.8 Å². The van der Waals surface area contributed by atoms with E-state index in [1.807, 2.05) is 42.7 Å². The predicted octanol–water partition coefficient (Wildman–Crippen LogP) is 5.60. The lowest BCUT2D eigenvalue weighted by Crippen LogP contribution is -2.12. The Bertz CT molecular complexity index is 945. The molecule has 0 saturated carbocycles. The van der Waals surface area contributed by atoms with Crippen LogP contribution in [0.5, 0.6) is 0 Å². The molecule has 2 aromatic carbocycles. The van der Waals surface area contributed by atoms with Crippen molar-refractivity contribution in [2.24, 2.45) is 5.92 Å². The van der Waals surface area contributed by atoms with Crippen LogP contribution in [0.25, 0.3) is 22.5 Å². The molecule has 0 saturated heterocycles. The van der Waals surface area contributed by atoms with Gasteiger partial charge in [0, 0.05) is 28.9 Å². The smallest absolute Gasteiger partial charge is 0.137 e. The third-order valence-corrected chi connectivity index (χ3v) is 5.84. The second kappa shape index (κ2) is 7.34. The lowest BCUT2D eigenvalue weighted by atomic mass is 9.96. The number of rotatable bonds is 4. The fraction of sp³-hybridized carbons (Fsp3) is 0.182. The Hall–Kier alpha value is -2.59. The van der Waals surface area contributed by atoms with Crippen LogP contribution in [0.2, 0.25) is 0 Å². The summed E-state index contributed by atoms with van der Waals surface area (Å²) in [5.74, 6) is 0.577. The Balaban J connectivity index is 1.78. The van der Waals surface area contributed by atoms with Crippen LogP contribution in [-0.2, 0) is 4.79 Å². The van der Waals surface area contributed by atoms with Gasteiger partial charge in [-0.25, -0.2) is 4.98 Å². The number of imidazole rings is 1. The molecule has 1 aromatic heterocycles. The first kappa shape index (κ1) is 16.9. The minimum absolute atomic E-state index is 0.257. The maximum absolute atomic E-state index is 11.7. The number of Topliss-reactive ketones (excluding diaryl/α,β-unsaturated/α-hetero) is 1. The summed E-state index contributed by atoms with van der Waals surface area (Å²) in [5.41, 5.74) is 4.30. The number of aromatic nitrogens is 2. The molecule has 1 heterocycles. The van der Waals surface area contributed by atoms with Crippen molar-refractivity contribution >= 4 is 17.7 Å². The molecule has 130 valence electrons. The lowest BCUT2D eigenvalue weighted by Gasteiger charge is -2.20. The predicted molar refractivity (Wildman–Crippen MR) is 108 cm³/mol. The normalized spacial score (nSPS) is 17.2. The molecule has 0 N–H and O–H groups in total. The molecule has 0 radical (unpaired) electrons. The molecule has 26 heavy (non-hydrogen) atoms. The fourth-order valence-corrected chi connectivity index (χ4v) is 4.28. The van der Waals surface area contributed by atoms with Crippen molar-refractivity contribution in [2.75, 3.05) is 0 Å². The summed E-state index contributed by atoms with van der Waals surface area (Å²) in [7, 11) is 0. The van der Waals surface area contributed by atoms with Crippen LogP contribution >= 0.6 is 11.9 Å². The van der Waals surface area contributed by atoms with E-state index < -0.39 is 0 Å². The molecule has 1 aliphatic carbocycles. The first-order valence-corrected chi connectivity index (χ1v) is 9.58. The van der Waals surface area contributed by atoms with Crippen molar-refractivity contribution in [1.29, 1.82) is 0 Å². The monoisotopic (exact) mass is 360 g/mol. The third kappa shape index (κ3) is 3.37. The molecule has 0 fully saturated rings. The van der Waals surface area contributed by atoms with Gasteiger partial charge in [-0.15, -0.1) is 0 Å². The minimum Gasteiger partial charge on any atom is -0.299 e. The maximum atomic E-state index is 11.7. The van der Waals surface area contributed by atoms with Gasteiger partial charge in [0.05, 0.1) is 11.4 Å². The molecular weight excluding hydrogens is 340 g/mol. The fourth-order valence-electron chi connectivity index (χ4n) is 3.25. The van der Waals surface area contributed by atoms with Crippen molar-refractivity contribution < 1.29 is 4.79 Å². The first-order valence-electron chi connectivity index (χ1n) is 8.80. The van der Waals surface area contributed by atoms with E-state index in [0.717, 1.165) is 22.5 Å². The highest BCUT2D eigenvalue weighted by Crippen LogP contribution is 2.38. The molecule has 1 aliphatic rings. The summed E-state index contributed by atoms with van der Waals surface area (Å²) in [6.07, 6.45) is 5.12. The van der Waals surface area contributed by atoms with Gasteiger partial charge in [-0.3, -0.25) is 8.77 Å². The molecule has 0 amide bonds. The van der Waals surface area contributed by atoms with Crippen LogP contribution in [0.3, 0.4) is 0 Å². The molecule has 4 rings (SSSR count). The zero-order valence-corrected chi connectivity index (χ0v) is 15.4. The Morgan fingerprint density at radius 2 is 1.65 bits per heavy atom. The number of nitrogens with zero attached hydrogens (tertiary/aromatic N) is 2. The molecule has 4 heteroatoms. The van der Waals surface area contributed by atoms with E-state index in [4.69, 9.17) is 4.98 Å². The Labute approximate surface area is 157 Å². The first-order chi connectivity index (χ1) is 12.7. The van der Waals surface area contributed by atoms with E-state index in [0.29, 0.717) is 18.6 Å². The Morgan fingerprint density at radius 3 is 2.31 bits per heavy atom. The van der Waals surface area contributed by atoms with Crippen molar-refractivity contribution in [1.82, 2.24) is 8.96 Å². The van der Waals surface area contributed by atoms with Crippen LogP contribution in [0, 0.1) is 5.92 Å². The standard InChI is InChI=1S/C22H20N2OS/c1-16-14-19(25)12-13-20(16)26-24-15-23-21(17-8-4-2-5-9-17)22(24)18-10-6-3-7-11-18/h2-11,13,15-16H,12,14H2,1H3. The molecule has 3 aromatic rings. The SMILES string of the molecule is CC1CC(=O)CC=C1Sn1cnc(-c2ccccc2)c1-c1ccccc1. The number of hydrogen-bond acceptors (Lipinski definition) is 3. The van der Waals surface area contributed by atoms with Crippen molar-refractivity contribution in [2.45, 2.75) is 19.8 Å². The van der Waals surface area contributed by atoms with E-state index in [2.05, 4.69) is 41.2 Å². The molecule has 0 bridgehead atoms. The number of benzene rings is 2. The van der Waals surface area contributed by atoms with Gasteiger partial charge in [0.15, 0.2) is 0 Å². The number of ketones is 1. The second-order valence-corrected chi connectivity index (χ2v) is 7.59. The van der Waals surface area contributed by atoms with E-state index in [9.17, 15) is 4.79 Å². The van der Waals surface area contributed by atoms with Gasteiger partial charge in [0.25, 0.3) is 0 Å². The Kier molecular flexibility index (Phi) is 4.76. The molecule has 0 aliphatic heterocycles. The largest absolute Gasteiger partial charge is 0.299 e. The van der Waals surface area contributed by atoms with Gasteiger partial charge in [-0.2, -0.15) is 0 Å². The van der Waals surface area contributed by atoms with Crippen molar-refractivity contribution in [3.63, 3.8) is 0 Å². The lowest BCUT2D eigenvalue weighted by molar-refractivity contribution is -0.119. The summed E-state index contributed by atoms with van der Waals surface area (Å²) < 4.78 is 2.13. The summed E-state index contributed by atoms with van der Waals surface area (Å²) in [5, 5.41) is 0. The van der Waals surface area contributed by atoms with Crippen LogP contribution in [0.4, 0.5) is 0 Å². The maximum Gasteiger partial charge on any atom is 0.137 e. The zero-order valence-electron chi connectivity index (χ0n) is 14.6. The summed E-state index contributed by atoms with van der Waals surface area (Å²) >= 11 is 1.67. The summed E-state index contributed by atoms with van der Waals surface area (Å²) in [6.45, 7) is 2.12. The average Bonchev–Trinajstić information content (AvgIpc) is 3.09. The van der Waals surface area contributed by atoms with E-state index in [1.54, 1.807) is 11.9 Å². The van der Waals surface area contributed by atoms with E-state index in [-0.39, 0.29) is 5.92 Å². The number of hydrogen-bond donors (Lipinski definition) is 0. The van der Waals surface area contributed by atoms with Crippen LogP contribution < -0.4 is 0 Å². The molecule has 1 atom stereocenters. The highest BCUT2D eigenvalue weighted by molar-refractivity contribution is 8.01. The number of carbonyl (C=O) groups is 1. The zero-order chi connectivity index (χ0) is 17.9. The van der Waals surface area contributed by atoms with E-state index >= 15 is 0 Å². The van der Waals surface area contributed by atoms with Gasteiger partial charge >= 0.3 is 0 Å². The van der Waals surface area contributed by atoms with Crippen LogP contribution in [-0.4, -0.2) is 14.7 Å². The van der Waals surface area contributed by atoms with Gasteiger partial charge in [0.2, 0.25) is 0 Å².